The van der Waals surface area contributed by atoms with Crippen molar-refractivity contribution >= 4 is 11.8 Å². The second kappa shape index (κ2) is 6.81. The van der Waals surface area contributed by atoms with Crippen LogP contribution >= 0.6 is 11.8 Å². The number of aryl methyl sites for hydroxylation is 3. The van der Waals surface area contributed by atoms with Gasteiger partial charge in [-0.25, -0.2) is 0 Å². The van der Waals surface area contributed by atoms with Gasteiger partial charge in [-0.1, -0.05) is 30.5 Å². The van der Waals surface area contributed by atoms with Crippen LogP contribution in [0.3, 0.4) is 0 Å². The zero-order chi connectivity index (χ0) is 13.8. The molecule has 2 heteroatoms. The van der Waals surface area contributed by atoms with Gasteiger partial charge in [-0.2, -0.15) is 11.8 Å². The Morgan fingerprint density at radius 2 is 1.74 bits per heavy atom. The molecule has 19 heavy (non-hydrogen) atoms. The molecule has 1 nitrogen and oxygen atoms in total. The predicted molar refractivity (Wildman–Crippen MR) is 87.0 cm³/mol. The lowest BCUT2D eigenvalue weighted by Gasteiger charge is -2.18. The Morgan fingerprint density at radius 3 is 2.32 bits per heavy atom. The summed E-state index contributed by atoms with van der Waals surface area (Å²) in [7, 11) is 0. The summed E-state index contributed by atoms with van der Waals surface area (Å²) in [4.78, 5) is 0. The van der Waals surface area contributed by atoms with Gasteiger partial charge in [-0.05, 0) is 56.7 Å². The van der Waals surface area contributed by atoms with E-state index in [0.717, 1.165) is 17.4 Å². The van der Waals surface area contributed by atoms with Gasteiger partial charge in [-0.15, -0.1) is 0 Å². The highest BCUT2D eigenvalue weighted by atomic mass is 32.2. The van der Waals surface area contributed by atoms with Gasteiger partial charge in [0, 0.05) is 17.0 Å². The van der Waals surface area contributed by atoms with Crippen LogP contribution in [0.1, 0.15) is 47.9 Å². The standard InChI is InChI=1S/C17H27NS/c1-12-8-13(2)17(14(3)9-12)10-15(18)11-19-16-6-4-5-7-16/h8-9,15-16H,4-7,10-11,18H2,1-3H3. The largest absolute Gasteiger partial charge is 0.327 e. The number of benzene rings is 1. The second-order valence-corrected chi connectivity index (χ2v) is 7.41. The summed E-state index contributed by atoms with van der Waals surface area (Å²) in [5, 5.41) is 0.881. The van der Waals surface area contributed by atoms with Gasteiger partial charge < -0.3 is 5.73 Å². The van der Waals surface area contributed by atoms with E-state index >= 15 is 0 Å². The van der Waals surface area contributed by atoms with Crippen molar-refractivity contribution in [3.8, 4) is 0 Å². The lowest BCUT2D eigenvalue weighted by Crippen LogP contribution is -2.27. The molecule has 1 saturated carbocycles. The highest BCUT2D eigenvalue weighted by Crippen LogP contribution is 2.30. The summed E-state index contributed by atoms with van der Waals surface area (Å²) in [6, 6.07) is 4.85. The van der Waals surface area contributed by atoms with Crippen molar-refractivity contribution in [3.63, 3.8) is 0 Å². The average molecular weight is 277 g/mol. The van der Waals surface area contributed by atoms with Crippen LogP contribution in [0.4, 0.5) is 0 Å². The van der Waals surface area contributed by atoms with E-state index in [1.807, 2.05) is 0 Å². The van der Waals surface area contributed by atoms with Crippen molar-refractivity contribution in [1.29, 1.82) is 0 Å². The Hall–Kier alpha value is -0.470. The maximum Gasteiger partial charge on any atom is 0.0171 e. The molecular formula is C17H27NS. The first kappa shape index (κ1) is 14.9. The monoisotopic (exact) mass is 277 g/mol. The third-order valence-electron chi connectivity index (χ3n) is 4.15. The van der Waals surface area contributed by atoms with Crippen LogP contribution < -0.4 is 5.73 Å². The first-order chi connectivity index (χ1) is 9.06. The molecule has 1 aliphatic rings. The van der Waals surface area contributed by atoms with Gasteiger partial charge in [-0.3, -0.25) is 0 Å². The van der Waals surface area contributed by atoms with E-state index in [9.17, 15) is 0 Å². The molecule has 0 amide bonds. The van der Waals surface area contributed by atoms with Crippen molar-refractivity contribution in [2.24, 2.45) is 5.73 Å². The van der Waals surface area contributed by atoms with E-state index in [0.29, 0.717) is 6.04 Å². The summed E-state index contributed by atoms with van der Waals surface area (Å²) in [6.07, 6.45) is 6.67. The van der Waals surface area contributed by atoms with Crippen molar-refractivity contribution in [1.82, 2.24) is 0 Å². The molecule has 1 aliphatic carbocycles. The van der Waals surface area contributed by atoms with Crippen molar-refractivity contribution in [3.05, 3.63) is 34.4 Å². The molecule has 2 rings (SSSR count). The maximum atomic E-state index is 6.34. The van der Waals surface area contributed by atoms with Gasteiger partial charge in [0.2, 0.25) is 0 Å². The lowest BCUT2D eigenvalue weighted by atomic mass is 9.95. The fourth-order valence-electron chi connectivity index (χ4n) is 3.17. The number of thioether (sulfide) groups is 1. The molecule has 0 bridgehead atoms. The molecule has 0 aliphatic heterocycles. The molecule has 1 atom stereocenters. The SMILES string of the molecule is Cc1cc(C)c(CC(N)CSC2CCCC2)c(C)c1. The molecule has 1 aromatic rings. The Bertz CT molecular complexity index is 398. The van der Waals surface area contributed by atoms with Gasteiger partial charge in [0.1, 0.15) is 0 Å². The van der Waals surface area contributed by atoms with Gasteiger partial charge in [0.25, 0.3) is 0 Å². The van der Waals surface area contributed by atoms with Crippen LogP contribution in [-0.4, -0.2) is 17.0 Å². The van der Waals surface area contributed by atoms with Gasteiger partial charge in [0.05, 0.1) is 0 Å². The van der Waals surface area contributed by atoms with Crippen LogP contribution in [0.15, 0.2) is 12.1 Å². The summed E-state index contributed by atoms with van der Waals surface area (Å²) >= 11 is 2.10. The van der Waals surface area contributed by atoms with E-state index in [1.165, 1.54) is 47.9 Å². The molecule has 1 fully saturated rings. The summed E-state index contributed by atoms with van der Waals surface area (Å²) < 4.78 is 0. The van der Waals surface area contributed by atoms with Crippen molar-refractivity contribution < 1.29 is 0 Å². The molecule has 0 spiro atoms. The van der Waals surface area contributed by atoms with E-state index < -0.39 is 0 Å². The number of hydrogen-bond donors (Lipinski definition) is 1. The van der Waals surface area contributed by atoms with Crippen LogP contribution in [0.5, 0.6) is 0 Å². The first-order valence-electron chi connectivity index (χ1n) is 7.50. The Morgan fingerprint density at radius 1 is 1.16 bits per heavy atom. The Kier molecular flexibility index (Phi) is 5.35. The maximum absolute atomic E-state index is 6.34. The Labute approximate surface area is 122 Å². The van der Waals surface area contributed by atoms with Crippen LogP contribution in [0.25, 0.3) is 0 Å². The molecule has 0 aromatic heterocycles. The van der Waals surface area contributed by atoms with Crippen molar-refractivity contribution in [2.45, 2.75) is 64.2 Å². The van der Waals surface area contributed by atoms with Crippen molar-refractivity contribution in [2.75, 3.05) is 5.75 Å². The molecule has 0 saturated heterocycles. The quantitative estimate of drug-likeness (QED) is 0.874. The molecule has 1 aromatic carbocycles. The molecule has 0 heterocycles. The first-order valence-corrected chi connectivity index (χ1v) is 8.55. The third kappa shape index (κ3) is 4.25. The third-order valence-corrected chi connectivity index (χ3v) is 5.72. The van der Waals surface area contributed by atoms with Gasteiger partial charge >= 0.3 is 0 Å². The molecule has 1 unspecified atom stereocenters. The fraction of sp³-hybridized carbons (Fsp3) is 0.647. The molecular weight excluding hydrogens is 250 g/mol. The minimum absolute atomic E-state index is 0.297. The predicted octanol–water partition coefficient (Wildman–Crippen LogP) is 4.16. The van der Waals surface area contributed by atoms with Crippen LogP contribution in [0, 0.1) is 20.8 Å². The van der Waals surface area contributed by atoms with Gasteiger partial charge in [0.15, 0.2) is 0 Å². The fourth-order valence-corrected chi connectivity index (χ4v) is 4.47. The minimum atomic E-state index is 0.297. The summed E-state index contributed by atoms with van der Waals surface area (Å²) in [5.74, 6) is 1.11. The zero-order valence-electron chi connectivity index (χ0n) is 12.5. The van der Waals surface area contributed by atoms with Crippen LogP contribution in [-0.2, 0) is 6.42 Å². The topological polar surface area (TPSA) is 26.0 Å². The van der Waals surface area contributed by atoms with E-state index in [1.54, 1.807) is 0 Å². The summed E-state index contributed by atoms with van der Waals surface area (Å²) in [5.41, 5.74) is 12.0. The lowest BCUT2D eigenvalue weighted by molar-refractivity contribution is 0.737. The smallest absolute Gasteiger partial charge is 0.0171 e. The second-order valence-electron chi connectivity index (χ2n) is 6.08. The number of hydrogen-bond acceptors (Lipinski definition) is 2. The minimum Gasteiger partial charge on any atom is -0.327 e. The molecule has 2 N–H and O–H groups in total. The Balaban J connectivity index is 1.89. The highest BCUT2D eigenvalue weighted by molar-refractivity contribution is 7.99. The number of nitrogens with two attached hydrogens (primary N) is 1. The van der Waals surface area contributed by atoms with E-state index in [2.05, 4.69) is 44.7 Å². The summed E-state index contributed by atoms with van der Waals surface area (Å²) in [6.45, 7) is 6.60. The average Bonchev–Trinajstić information content (AvgIpc) is 2.84. The number of rotatable bonds is 5. The normalized spacial score (nSPS) is 17.9. The van der Waals surface area contributed by atoms with E-state index in [4.69, 9.17) is 5.73 Å². The zero-order valence-corrected chi connectivity index (χ0v) is 13.4. The van der Waals surface area contributed by atoms with E-state index in [-0.39, 0.29) is 0 Å². The highest BCUT2D eigenvalue weighted by Gasteiger charge is 2.17. The van der Waals surface area contributed by atoms with Crippen LogP contribution in [0.2, 0.25) is 0 Å². The molecule has 106 valence electrons. The molecule has 0 radical (unpaired) electrons.